The van der Waals surface area contributed by atoms with Gasteiger partial charge >= 0.3 is 5.97 Å². The molecule has 1 aromatic carbocycles. The van der Waals surface area contributed by atoms with E-state index in [1.54, 1.807) is 13.0 Å². The standard InChI is InChI=1S/C14H12F2N2O2S/c1-2-20-14(19)9-4-3-5-18-13(9)21-12-10(15)6-8(17)7-11(12)16/h3-7H,2,17H2,1H3. The van der Waals surface area contributed by atoms with E-state index in [0.717, 1.165) is 12.1 Å². The zero-order valence-electron chi connectivity index (χ0n) is 11.1. The average Bonchev–Trinajstić information content (AvgIpc) is 2.43. The number of ether oxygens (including phenoxy) is 1. The molecule has 0 spiro atoms. The molecule has 0 amide bonds. The van der Waals surface area contributed by atoms with Crippen LogP contribution in [-0.4, -0.2) is 17.6 Å². The highest BCUT2D eigenvalue weighted by molar-refractivity contribution is 7.99. The van der Waals surface area contributed by atoms with E-state index in [2.05, 4.69) is 4.98 Å². The van der Waals surface area contributed by atoms with Gasteiger partial charge in [-0.2, -0.15) is 0 Å². The molecule has 0 saturated carbocycles. The topological polar surface area (TPSA) is 65.2 Å². The second kappa shape index (κ2) is 6.53. The van der Waals surface area contributed by atoms with Crippen molar-refractivity contribution in [3.8, 4) is 0 Å². The molecular formula is C14H12F2N2O2S. The number of nitrogens with two attached hydrogens (primary N) is 1. The number of anilines is 1. The first-order valence-electron chi connectivity index (χ1n) is 6.07. The number of nitrogens with zero attached hydrogens (tertiary/aromatic N) is 1. The Bertz CT molecular complexity index is 657. The third kappa shape index (κ3) is 3.49. The van der Waals surface area contributed by atoms with E-state index in [1.165, 1.54) is 12.3 Å². The minimum Gasteiger partial charge on any atom is -0.462 e. The first-order chi connectivity index (χ1) is 10.0. The number of aromatic nitrogens is 1. The summed E-state index contributed by atoms with van der Waals surface area (Å²) >= 11 is 0.713. The van der Waals surface area contributed by atoms with E-state index < -0.39 is 17.6 Å². The van der Waals surface area contributed by atoms with Crippen LogP contribution in [0.2, 0.25) is 0 Å². The van der Waals surface area contributed by atoms with E-state index in [4.69, 9.17) is 10.5 Å². The summed E-state index contributed by atoms with van der Waals surface area (Å²) in [5, 5.41) is 0.165. The molecule has 4 nitrogen and oxygen atoms in total. The summed E-state index contributed by atoms with van der Waals surface area (Å²) in [5.41, 5.74) is 5.50. The molecule has 7 heteroatoms. The van der Waals surface area contributed by atoms with Gasteiger partial charge in [0.2, 0.25) is 0 Å². The lowest BCUT2D eigenvalue weighted by Gasteiger charge is -2.09. The normalized spacial score (nSPS) is 10.4. The number of pyridine rings is 1. The molecule has 0 bridgehead atoms. The van der Waals surface area contributed by atoms with Crippen molar-refractivity contribution in [2.24, 2.45) is 0 Å². The van der Waals surface area contributed by atoms with Gasteiger partial charge in [0.1, 0.15) is 16.7 Å². The Kier molecular flexibility index (Phi) is 4.74. The number of rotatable bonds is 4. The fourth-order valence-electron chi connectivity index (χ4n) is 1.61. The molecule has 0 aliphatic carbocycles. The van der Waals surface area contributed by atoms with Crippen LogP contribution in [0.25, 0.3) is 0 Å². The Morgan fingerprint density at radius 2 is 2.05 bits per heavy atom. The van der Waals surface area contributed by atoms with Crippen LogP contribution < -0.4 is 5.73 Å². The summed E-state index contributed by atoms with van der Waals surface area (Å²) < 4.78 is 32.5. The van der Waals surface area contributed by atoms with Crippen LogP contribution in [-0.2, 0) is 4.74 Å². The molecule has 0 aliphatic rings. The highest BCUT2D eigenvalue weighted by Gasteiger charge is 2.18. The number of hydrogen-bond acceptors (Lipinski definition) is 5. The van der Waals surface area contributed by atoms with Crippen molar-refractivity contribution in [1.29, 1.82) is 0 Å². The summed E-state index contributed by atoms with van der Waals surface area (Å²) in [6, 6.07) is 5.06. The van der Waals surface area contributed by atoms with Crippen molar-refractivity contribution in [3.05, 3.63) is 47.7 Å². The van der Waals surface area contributed by atoms with Gasteiger partial charge in [-0.05, 0) is 31.2 Å². The molecule has 0 fully saturated rings. The zero-order valence-corrected chi connectivity index (χ0v) is 11.9. The van der Waals surface area contributed by atoms with Crippen LogP contribution >= 0.6 is 11.8 Å². The minimum atomic E-state index is -0.807. The van der Waals surface area contributed by atoms with E-state index in [1.807, 2.05) is 0 Å². The van der Waals surface area contributed by atoms with Crippen molar-refractivity contribution in [1.82, 2.24) is 4.98 Å². The van der Waals surface area contributed by atoms with Gasteiger partial charge in [0.05, 0.1) is 17.1 Å². The minimum absolute atomic E-state index is 0.0130. The Morgan fingerprint density at radius 1 is 1.38 bits per heavy atom. The number of carbonyl (C=O) groups is 1. The number of hydrogen-bond donors (Lipinski definition) is 1. The monoisotopic (exact) mass is 310 g/mol. The highest BCUT2D eigenvalue weighted by Crippen LogP contribution is 2.34. The Labute approximate surface area is 124 Å². The van der Waals surface area contributed by atoms with Crippen LogP contribution in [0.5, 0.6) is 0 Å². The number of esters is 1. The van der Waals surface area contributed by atoms with Crippen molar-refractivity contribution in [3.63, 3.8) is 0 Å². The van der Waals surface area contributed by atoms with Crippen molar-refractivity contribution < 1.29 is 18.3 Å². The molecule has 110 valence electrons. The van der Waals surface area contributed by atoms with E-state index in [0.29, 0.717) is 11.8 Å². The maximum atomic E-state index is 13.8. The van der Waals surface area contributed by atoms with Gasteiger partial charge in [0.15, 0.2) is 0 Å². The predicted octanol–water partition coefficient (Wildman–Crippen LogP) is 3.27. The van der Waals surface area contributed by atoms with Crippen LogP contribution in [0.1, 0.15) is 17.3 Å². The van der Waals surface area contributed by atoms with Gasteiger partial charge in [-0.1, -0.05) is 11.8 Å². The third-order valence-corrected chi connectivity index (χ3v) is 3.60. The van der Waals surface area contributed by atoms with Gasteiger partial charge < -0.3 is 10.5 Å². The molecule has 21 heavy (non-hydrogen) atoms. The summed E-state index contributed by atoms with van der Waals surface area (Å²) in [6.07, 6.45) is 1.43. The lowest BCUT2D eigenvalue weighted by atomic mass is 10.3. The second-order valence-corrected chi connectivity index (χ2v) is 4.99. The van der Waals surface area contributed by atoms with Gasteiger partial charge in [-0.15, -0.1) is 0 Å². The molecule has 1 heterocycles. The van der Waals surface area contributed by atoms with E-state index in [-0.39, 0.29) is 27.8 Å². The molecule has 0 atom stereocenters. The SMILES string of the molecule is CCOC(=O)c1cccnc1Sc1c(F)cc(N)cc1F. The molecule has 0 radical (unpaired) electrons. The number of nitrogen functional groups attached to an aromatic ring is 1. The smallest absolute Gasteiger partial charge is 0.340 e. The van der Waals surface area contributed by atoms with Gasteiger partial charge in [0.25, 0.3) is 0 Å². The molecule has 2 aromatic rings. The third-order valence-electron chi connectivity index (χ3n) is 2.49. The predicted molar refractivity (Wildman–Crippen MR) is 75.1 cm³/mol. The fraction of sp³-hybridized carbons (Fsp3) is 0.143. The first-order valence-corrected chi connectivity index (χ1v) is 6.89. The highest BCUT2D eigenvalue weighted by atomic mass is 32.2. The average molecular weight is 310 g/mol. The van der Waals surface area contributed by atoms with Gasteiger partial charge in [-0.25, -0.2) is 18.6 Å². The molecular weight excluding hydrogens is 298 g/mol. The maximum Gasteiger partial charge on any atom is 0.340 e. The summed E-state index contributed by atoms with van der Waals surface area (Å²) in [7, 11) is 0. The molecule has 0 unspecified atom stereocenters. The maximum absolute atomic E-state index is 13.8. The summed E-state index contributed by atoms with van der Waals surface area (Å²) in [4.78, 5) is 15.5. The Hall–Kier alpha value is -2.15. The fourth-order valence-corrected chi connectivity index (χ4v) is 2.49. The first kappa shape index (κ1) is 15.2. The van der Waals surface area contributed by atoms with Gasteiger partial charge in [0, 0.05) is 11.9 Å². The van der Waals surface area contributed by atoms with Crippen LogP contribution in [0.15, 0.2) is 40.4 Å². The van der Waals surface area contributed by atoms with Crippen LogP contribution in [0.4, 0.5) is 14.5 Å². The molecule has 2 rings (SSSR count). The lowest BCUT2D eigenvalue weighted by molar-refractivity contribution is 0.0521. The Morgan fingerprint density at radius 3 is 2.67 bits per heavy atom. The zero-order chi connectivity index (χ0) is 15.4. The molecule has 0 aliphatic heterocycles. The Balaban J connectivity index is 2.39. The van der Waals surface area contributed by atoms with Crippen molar-refractivity contribution in [2.45, 2.75) is 16.8 Å². The number of carbonyl (C=O) groups excluding carboxylic acids is 1. The summed E-state index contributed by atoms with van der Waals surface area (Å²) in [5.74, 6) is -2.21. The quantitative estimate of drug-likeness (QED) is 0.693. The largest absolute Gasteiger partial charge is 0.462 e. The molecule has 0 saturated heterocycles. The molecule has 2 N–H and O–H groups in total. The van der Waals surface area contributed by atoms with Crippen LogP contribution in [0, 0.1) is 11.6 Å². The number of benzene rings is 1. The van der Waals surface area contributed by atoms with Crippen molar-refractivity contribution >= 4 is 23.4 Å². The number of halogens is 2. The van der Waals surface area contributed by atoms with Crippen molar-refractivity contribution in [2.75, 3.05) is 12.3 Å². The van der Waals surface area contributed by atoms with E-state index in [9.17, 15) is 13.6 Å². The second-order valence-electron chi connectivity index (χ2n) is 3.99. The van der Waals surface area contributed by atoms with Gasteiger partial charge in [-0.3, -0.25) is 0 Å². The van der Waals surface area contributed by atoms with Crippen LogP contribution in [0.3, 0.4) is 0 Å². The van der Waals surface area contributed by atoms with E-state index >= 15 is 0 Å². The summed E-state index contributed by atoms with van der Waals surface area (Å²) in [6.45, 7) is 1.86. The lowest BCUT2D eigenvalue weighted by Crippen LogP contribution is -2.07. The molecule has 1 aromatic heterocycles.